The van der Waals surface area contributed by atoms with Crippen molar-refractivity contribution in [2.45, 2.75) is 50.3 Å². The number of furan rings is 1. The summed E-state index contributed by atoms with van der Waals surface area (Å²) >= 11 is 0. The summed E-state index contributed by atoms with van der Waals surface area (Å²) in [5, 5.41) is 14.3. The van der Waals surface area contributed by atoms with E-state index in [0.29, 0.717) is 19.6 Å². The van der Waals surface area contributed by atoms with Crippen molar-refractivity contribution in [2.75, 3.05) is 20.2 Å². The van der Waals surface area contributed by atoms with Crippen molar-refractivity contribution in [3.8, 4) is 5.75 Å². The maximum Gasteiger partial charge on any atom is 0.234 e. The Morgan fingerprint density at radius 1 is 1.28 bits per heavy atom. The van der Waals surface area contributed by atoms with Crippen LogP contribution in [-0.4, -0.2) is 41.7 Å². The third kappa shape index (κ3) is 4.33. The van der Waals surface area contributed by atoms with E-state index in [-0.39, 0.29) is 17.9 Å². The molecule has 2 fully saturated rings. The number of methoxy groups -OCH3 is 1. The van der Waals surface area contributed by atoms with Gasteiger partial charge in [-0.15, -0.1) is 0 Å². The van der Waals surface area contributed by atoms with Gasteiger partial charge in [-0.25, -0.2) is 0 Å². The first kappa shape index (κ1) is 20.0. The molecule has 3 atom stereocenters. The molecule has 0 spiro atoms. The molecule has 0 unspecified atom stereocenters. The number of aliphatic hydroxyl groups is 1. The van der Waals surface area contributed by atoms with Gasteiger partial charge in [0.1, 0.15) is 11.5 Å². The quantitative estimate of drug-likeness (QED) is 0.781. The molecule has 2 aliphatic rings. The van der Waals surface area contributed by atoms with Crippen molar-refractivity contribution in [2.24, 2.45) is 5.92 Å². The van der Waals surface area contributed by atoms with Crippen molar-refractivity contribution in [3.63, 3.8) is 0 Å². The average molecular weight is 399 g/mol. The van der Waals surface area contributed by atoms with Crippen LogP contribution in [0.15, 0.2) is 47.1 Å². The average Bonchev–Trinajstić information content (AvgIpc) is 3.26. The first-order chi connectivity index (χ1) is 14.1. The van der Waals surface area contributed by atoms with Crippen molar-refractivity contribution in [3.05, 3.63) is 54.0 Å². The van der Waals surface area contributed by atoms with Crippen molar-refractivity contribution in [1.82, 2.24) is 10.2 Å². The molecule has 1 saturated heterocycles. The van der Waals surface area contributed by atoms with Crippen molar-refractivity contribution >= 4 is 5.91 Å². The predicted molar refractivity (Wildman–Crippen MR) is 109 cm³/mol. The van der Waals surface area contributed by atoms with Gasteiger partial charge in [-0.1, -0.05) is 25.0 Å². The smallest absolute Gasteiger partial charge is 0.234 e. The lowest BCUT2D eigenvalue weighted by Gasteiger charge is -2.52. The highest BCUT2D eigenvalue weighted by Gasteiger charge is 2.49. The minimum Gasteiger partial charge on any atom is -0.497 e. The zero-order valence-corrected chi connectivity index (χ0v) is 17.0. The van der Waals surface area contributed by atoms with E-state index in [2.05, 4.69) is 22.3 Å². The van der Waals surface area contributed by atoms with Gasteiger partial charge in [-0.3, -0.25) is 9.69 Å². The van der Waals surface area contributed by atoms with Crippen LogP contribution in [0.3, 0.4) is 0 Å². The number of fused-ring (bicyclic) bond motifs is 1. The number of nitrogens with one attached hydrogen (secondary N) is 1. The van der Waals surface area contributed by atoms with E-state index >= 15 is 0 Å². The second kappa shape index (κ2) is 8.59. The van der Waals surface area contributed by atoms with Gasteiger partial charge in [0.05, 0.1) is 32.1 Å². The van der Waals surface area contributed by atoms with Crippen molar-refractivity contribution in [1.29, 1.82) is 0 Å². The number of carbonyl (C=O) groups is 1. The second-order valence-electron chi connectivity index (χ2n) is 8.25. The zero-order chi connectivity index (χ0) is 20.3. The molecule has 1 aromatic heterocycles. The van der Waals surface area contributed by atoms with E-state index in [0.717, 1.165) is 49.2 Å². The molecule has 156 valence electrons. The summed E-state index contributed by atoms with van der Waals surface area (Å²) in [6, 6.07) is 11.7. The van der Waals surface area contributed by atoms with Crippen LogP contribution < -0.4 is 10.1 Å². The standard InChI is InChI=1S/C23H30N2O4/c1-28-18-9-7-17(8-10-18)22-20-6-2-3-11-23(20,27)12-13-25(22)16-21(26)24-15-19-5-4-14-29-19/h4-5,7-10,14,20,22,27H,2-3,6,11-13,15-16H2,1H3,(H,24,26)/t20-,22-,23+/m1/s1. The summed E-state index contributed by atoms with van der Waals surface area (Å²) in [6.07, 6.45) is 6.36. The second-order valence-corrected chi connectivity index (χ2v) is 8.25. The highest BCUT2D eigenvalue weighted by Crippen LogP contribution is 2.49. The Hall–Kier alpha value is -2.31. The van der Waals surface area contributed by atoms with Gasteiger partial charge >= 0.3 is 0 Å². The number of piperidine rings is 1. The van der Waals surface area contributed by atoms with E-state index in [4.69, 9.17) is 9.15 Å². The number of carbonyl (C=O) groups excluding carboxylic acids is 1. The Morgan fingerprint density at radius 2 is 2.10 bits per heavy atom. The van der Waals surface area contributed by atoms with Crippen LogP contribution in [0, 0.1) is 5.92 Å². The SMILES string of the molecule is COc1ccc([C@@H]2[C@H]3CCCC[C@]3(O)CCN2CC(=O)NCc2ccco2)cc1. The lowest BCUT2D eigenvalue weighted by Crippen LogP contribution is -2.56. The topological polar surface area (TPSA) is 74.9 Å². The number of benzene rings is 1. The Kier molecular flexibility index (Phi) is 5.92. The van der Waals surface area contributed by atoms with Gasteiger partial charge in [0.15, 0.2) is 0 Å². The fourth-order valence-corrected chi connectivity index (χ4v) is 5.00. The molecule has 2 heterocycles. The van der Waals surface area contributed by atoms with Gasteiger partial charge in [-0.05, 0) is 49.1 Å². The third-order valence-electron chi connectivity index (χ3n) is 6.52. The van der Waals surface area contributed by atoms with E-state index in [1.807, 2.05) is 24.3 Å². The molecule has 1 aliphatic heterocycles. The molecular weight excluding hydrogens is 368 g/mol. The van der Waals surface area contributed by atoms with Crippen LogP contribution in [-0.2, 0) is 11.3 Å². The fourth-order valence-electron chi connectivity index (χ4n) is 5.00. The molecule has 0 radical (unpaired) electrons. The minimum atomic E-state index is -0.635. The molecule has 1 aromatic carbocycles. The molecule has 4 rings (SSSR count). The first-order valence-corrected chi connectivity index (χ1v) is 10.5. The number of nitrogens with zero attached hydrogens (tertiary/aromatic N) is 1. The van der Waals surface area contributed by atoms with E-state index < -0.39 is 5.60 Å². The molecule has 1 saturated carbocycles. The number of hydrogen-bond acceptors (Lipinski definition) is 5. The Morgan fingerprint density at radius 3 is 2.83 bits per heavy atom. The summed E-state index contributed by atoms with van der Waals surface area (Å²) in [7, 11) is 1.66. The van der Waals surface area contributed by atoms with E-state index in [9.17, 15) is 9.90 Å². The van der Waals surface area contributed by atoms with Crippen LogP contribution >= 0.6 is 0 Å². The number of amides is 1. The van der Waals surface area contributed by atoms with Crippen LogP contribution in [0.5, 0.6) is 5.75 Å². The number of likely N-dealkylation sites (tertiary alicyclic amines) is 1. The Balaban J connectivity index is 1.52. The maximum absolute atomic E-state index is 12.6. The lowest BCUT2D eigenvalue weighted by molar-refractivity contribution is -0.138. The maximum atomic E-state index is 12.6. The summed E-state index contributed by atoms with van der Waals surface area (Å²) in [5.41, 5.74) is 0.499. The molecule has 2 N–H and O–H groups in total. The number of hydrogen-bond donors (Lipinski definition) is 2. The van der Waals surface area contributed by atoms with Crippen LogP contribution in [0.25, 0.3) is 0 Å². The molecule has 1 aliphatic carbocycles. The van der Waals surface area contributed by atoms with Gasteiger partial charge in [0.25, 0.3) is 0 Å². The molecule has 6 heteroatoms. The highest BCUT2D eigenvalue weighted by atomic mass is 16.5. The zero-order valence-electron chi connectivity index (χ0n) is 17.0. The third-order valence-corrected chi connectivity index (χ3v) is 6.52. The van der Waals surface area contributed by atoms with Crippen LogP contribution in [0.4, 0.5) is 0 Å². The number of ether oxygens (including phenoxy) is 1. The first-order valence-electron chi connectivity index (χ1n) is 10.5. The van der Waals surface area contributed by atoms with Gasteiger partial charge in [0.2, 0.25) is 5.91 Å². The van der Waals surface area contributed by atoms with Gasteiger partial charge < -0.3 is 19.6 Å². The molecule has 0 bridgehead atoms. The summed E-state index contributed by atoms with van der Waals surface area (Å²) in [5.74, 6) is 1.66. The van der Waals surface area contributed by atoms with Crippen LogP contribution in [0.1, 0.15) is 49.5 Å². The van der Waals surface area contributed by atoms with Gasteiger partial charge in [0, 0.05) is 18.5 Å². The van der Waals surface area contributed by atoms with E-state index in [1.54, 1.807) is 13.4 Å². The highest BCUT2D eigenvalue weighted by molar-refractivity contribution is 5.78. The molecule has 6 nitrogen and oxygen atoms in total. The molecule has 1 amide bonds. The summed E-state index contributed by atoms with van der Waals surface area (Å²) < 4.78 is 10.6. The van der Waals surface area contributed by atoms with Gasteiger partial charge in [-0.2, -0.15) is 0 Å². The van der Waals surface area contributed by atoms with Crippen LogP contribution in [0.2, 0.25) is 0 Å². The fraction of sp³-hybridized carbons (Fsp3) is 0.522. The molecule has 2 aromatic rings. The molecular formula is C23H30N2O4. The van der Waals surface area contributed by atoms with Crippen molar-refractivity contribution < 1.29 is 19.1 Å². The minimum absolute atomic E-state index is 0.0225. The lowest BCUT2D eigenvalue weighted by atomic mass is 9.66. The Bertz CT molecular complexity index is 805. The largest absolute Gasteiger partial charge is 0.497 e. The predicted octanol–water partition coefficient (Wildman–Crippen LogP) is 3.27. The monoisotopic (exact) mass is 398 g/mol. The Labute approximate surface area is 171 Å². The summed E-state index contributed by atoms with van der Waals surface area (Å²) in [6.45, 7) is 1.40. The van der Waals surface area contributed by atoms with E-state index in [1.165, 1.54) is 0 Å². The number of rotatable bonds is 6. The normalized spacial score (nSPS) is 27.2. The molecule has 29 heavy (non-hydrogen) atoms. The summed E-state index contributed by atoms with van der Waals surface area (Å²) in [4.78, 5) is 14.9.